The van der Waals surface area contributed by atoms with Crippen LogP contribution in [0.2, 0.25) is 0 Å². The van der Waals surface area contributed by atoms with Gasteiger partial charge in [-0.2, -0.15) is 0 Å². The maximum absolute atomic E-state index is 12.2. The monoisotopic (exact) mass is 352 g/mol. The minimum absolute atomic E-state index is 0.0330. The van der Waals surface area contributed by atoms with Crippen molar-refractivity contribution in [2.45, 2.75) is 32.2 Å². The lowest BCUT2D eigenvalue weighted by molar-refractivity contribution is -0.139. The molecule has 3 rings (SSSR count). The minimum Gasteiger partial charge on any atom is -0.462 e. The van der Waals surface area contributed by atoms with Crippen LogP contribution in [0.4, 0.5) is 0 Å². The number of carbonyl (C=O) groups excluding carboxylic acids is 1. The molecule has 1 aliphatic rings. The van der Waals surface area contributed by atoms with Crippen LogP contribution in [0, 0.1) is 0 Å². The van der Waals surface area contributed by atoms with Crippen molar-refractivity contribution < 1.29 is 19.0 Å². The van der Waals surface area contributed by atoms with Crippen LogP contribution < -0.4 is 0 Å². The molecule has 0 amide bonds. The van der Waals surface area contributed by atoms with Gasteiger partial charge in [0.25, 0.3) is 0 Å². The Hall–Kier alpha value is -2.43. The molecular formula is C22H24O4. The first-order valence-electron chi connectivity index (χ1n) is 8.78. The average molecular weight is 352 g/mol. The Labute approximate surface area is 154 Å². The molecule has 136 valence electrons. The van der Waals surface area contributed by atoms with Crippen LogP contribution in [0.5, 0.6) is 0 Å². The van der Waals surface area contributed by atoms with Crippen LogP contribution >= 0.6 is 0 Å². The molecule has 0 radical (unpaired) electrons. The summed E-state index contributed by atoms with van der Waals surface area (Å²) in [6, 6.07) is 17.3. The quantitative estimate of drug-likeness (QED) is 0.721. The van der Waals surface area contributed by atoms with Gasteiger partial charge in [0.05, 0.1) is 24.9 Å². The van der Waals surface area contributed by atoms with Crippen molar-refractivity contribution in [2.24, 2.45) is 0 Å². The molecule has 1 aliphatic heterocycles. The SMILES string of the molecule is C=C(c1ccccc1)c1ccc(C(=O)OCCC2COC(C)(C)O2)cc1. The van der Waals surface area contributed by atoms with Crippen LogP contribution in [0.3, 0.4) is 0 Å². The smallest absolute Gasteiger partial charge is 0.338 e. The number of carbonyl (C=O) groups is 1. The van der Waals surface area contributed by atoms with Crippen molar-refractivity contribution in [3.8, 4) is 0 Å². The molecule has 1 saturated heterocycles. The van der Waals surface area contributed by atoms with Gasteiger partial charge in [-0.25, -0.2) is 4.79 Å². The third kappa shape index (κ3) is 4.59. The first-order valence-corrected chi connectivity index (χ1v) is 8.78. The molecule has 1 unspecified atom stereocenters. The molecule has 0 saturated carbocycles. The molecule has 0 spiro atoms. The predicted octanol–water partition coefficient (Wildman–Crippen LogP) is 4.45. The molecular weight excluding hydrogens is 328 g/mol. The summed E-state index contributed by atoms with van der Waals surface area (Å²) in [5, 5.41) is 0. The summed E-state index contributed by atoms with van der Waals surface area (Å²) >= 11 is 0. The Bertz CT molecular complexity index is 762. The first kappa shape index (κ1) is 18.4. The highest BCUT2D eigenvalue weighted by Gasteiger charge is 2.32. The van der Waals surface area contributed by atoms with Crippen molar-refractivity contribution in [3.05, 3.63) is 77.9 Å². The van der Waals surface area contributed by atoms with Gasteiger partial charge >= 0.3 is 5.97 Å². The Kier molecular flexibility index (Phi) is 5.55. The van der Waals surface area contributed by atoms with Gasteiger partial charge < -0.3 is 14.2 Å². The van der Waals surface area contributed by atoms with Gasteiger partial charge in [0, 0.05) is 6.42 Å². The van der Waals surface area contributed by atoms with Crippen molar-refractivity contribution >= 4 is 11.5 Å². The summed E-state index contributed by atoms with van der Waals surface area (Å²) in [5.74, 6) is -0.883. The van der Waals surface area contributed by atoms with Crippen molar-refractivity contribution in [1.29, 1.82) is 0 Å². The lowest BCUT2D eigenvalue weighted by Crippen LogP contribution is -2.22. The lowest BCUT2D eigenvalue weighted by atomic mass is 9.99. The normalized spacial score (nSPS) is 18.5. The number of esters is 1. The van der Waals surface area contributed by atoms with E-state index in [0.29, 0.717) is 25.2 Å². The number of benzene rings is 2. The maximum atomic E-state index is 12.2. The van der Waals surface area contributed by atoms with E-state index in [0.717, 1.165) is 16.7 Å². The van der Waals surface area contributed by atoms with E-state index in [-0.39, 0.29) is 12.1 Å². The van der Waals surface area contributed by atoms with Crippen LogP contribution in [0.15, 0.2) is 61.2 Å². The fourth-order valence-electron chi connectivity index (χ4n) is 2.89. The summed E-state index contributed by atoms with van der Waals surface area (Å²) in [4.78, 5) is 12.2. The Balaban J connectivity index is 1.52. The predicted molar refractivity (Wildman–Crippen MR) is 101 cm³/mol. The standard InChI is InChI=1S/C22H24O4/c1-16(17-7-5-4-6-8-17)18-9-11-19(12-10-18)21(23)24-14-13-20-15-25-22(2,3)26-20/h4-12,20H,1,13-15H2,2-3H3. The second kappa shape index (κ2) is 7.85. The molecule has 2 aromatic carbocycles. The zero-order valence-corrected chi connectivity index (χ0v) is 15.2. The minimum atomic E-state index is -0.550. The summed E-state index contributed by atoms with van der Waals surface area (Å²) in [5.41, 5.74) is 3.49. The summed E-state index contributed by atoms with van der Waals surface area (Å²) in [7, 11) is 0. The van der Waals surface area contributed by atoms with Gasteiger partial charge in [-0.3, -0.25) is 0 Å². The third-order valence-electron chi connectivity index (χ3n) is 4.33. The van der Waals surface area contributed by atoms with E-state index < -0.39 is 5.79 Å². The topological polar surface area (TPSA) is 44.8 Å². The van der Waals surface area contributed by atoms with E-state index in [2.05, 4.69) is 6.58 Å². The third-order valence-corrected chi connectivity index (χ3v) is 4.33. The second-order valence-corrected chi connectivity index (χ2v) is 6.80. The largest absolute Gasteiger partial charge is 0.462 e. The summed E-state index contributed by atoms with van der Waals surface area (Å²) < 4.78 is 16.5. The van der Waals surface area contributed by atoms with Gasteiger partial charge in [-0.15, -0.1) is 0 Å². The lowest BCUT2D eigenvalue weighted by Gasteiger charge is -2.17. The van der Waals surface area contributed by atoms with E-state index in [1.165, 1.54) is 0 Å². The molecule has 0 aromatic heterocycles. The van der Waals surface area contributed by atoms with E-state index in [1.54, 1.807) is 12.1 Å². The van der Waals surface area contributed by atoms with E-state index >= 15 is 0 Å². The number of rotatable bonds is 6. The molecule has 0 aliphatic carbocycles. The van der Waals surface area contributed by atoms with Gasteiger partial charge in [0.1, 0.15) is 0 Å². The van der Waals surface area contributed by atoms with Crippen LogP contribution in [-0.2, 0) is 14.2 Å². The van der Waals surface area contributed by atoms with Crippen molar-refractivity contribution in [1.82, 2.24) is 0 Å². The van der Waals surface area contributed by atoms with Gasteiger partial charge in [0.2, 0.25) is 0 Å². The molecule has 1 atom stereocenters. The maximum Gasteiger partial charge on any atom is 0.338 e. The first-order chi connectivity index (χ1) is 12.4. The average Bonchev–Trinajstić information content (AvgIpc) is 3.00. The summed E-state index contributed by atoms with van der Waals surface area (Å²) in [6.07, 6.45) is 0.590. The second-order valence-electron chi connectivity index (χ2n) is 6.80. The van der Waals surface area contributed by atoms with Crippen LogP contribution in [0.25, 0.3) is 5.57 Å². The van der Waals surface area contributed by atoms with Gasteiger partial charge in [-0.1, -0.05) is 49.0 Å². The number of ether oxygens (including phenoxy) is 3. The number of hydrogen-bond donors (Lipinski definition) is 0. The highest BCUT2D eigenvalue weighted by Crippen LogP contribution is 2.24. The molecule has 1 fully saturated rings. The Morgan fingerprint density at radius 2 is 1.69 bits per heavy atom. The summed E-state index contributed by atoms with van der Waals surface area (Å²) in [6.45, 7) is 8.73. The molecule has 0 bridgehead atoms. The Morgan fingerprint density at radius 3 is 2.31 bits per heavy atom. The molecule has 0 N–H and O–H groups in total. The fraction of sp³-hybridized carbons (Fsp3) is 0.318. The molecule has 4 heteroatoms. The zero-order chi connectivity index (χ0) is 18.6. The van der Waals surface area contributed by atoms with Gasteiger partial charge in [0.15, 0.2) is 5.79 Å². The van der Waals surface area contributed by atoms with Crippen molar-refractivity contribution in [3.63, 3.8) is 0 Å². The fourth-order valence-corrected chi connectivity index (χ4v) is 2.89. The van der Waals surface area contributed by atoms with Crippen LogP contribution in [0.1, 0.15) is 41.8 Å². The molecule has 4 nitrogen and oxygen atoms in total. The van der Waals surface area contributed by atoms with E-state index in [4.69, 9.17) is 14.2 Å². The Morgan fingerprint density at radius 1 is 1.08 bits per heavy atom. The zero-order valence-electron chi connectivity index (χ0n) is 15.2. The van der Waals surface area contributed by atoms with Gasteiger partial charge in [-0.05, 0) is 42.7 Å². The highest BCUT2D eigenvalue weighted by atomic mass is 16.7. The molecule has 2 aromatic rings. The van der Waals surface area contributed by atoms with Crippen LogP contribution in [-0.4, -0.2) is 31.1 Å². The van der Waals surface area contributed by atoms with Crippen molar-refractivity contribution in [2.75, 3.05) is 13.2 Å². The highest BCUT2D eigenvalue weighted by molar-refractivity contribution is 5.90. The number of hydrogen-bond acceptors (Lipinski definition) is 4. The molecule has 1 heterocycles. The van der Waals surface area contributed by atoms with E-state index in [9.17, 15) is 4.79 Å². The molecule has 26 heavy (non-hydrogen) atoms. The van der Waals surface area contributed by atoms with E-state index in [1.807, 2.05) is 56.3 Å².